The van der Waals surface area contributed by atoms with E-state index in [1.807, 2.05) is 24.3 Å². The molecule has 1 aliphatic rings. The molecule has 3 amide bonds. The zero-order chi connectivity index (χ0) is 25.9. The van der Waals surface area contributed by atoms with Crippen molar-refractivity contribution in [3.63, 3.8) is 0 Å². The van der Waals surface area contributed by atoms with E-state index in [2.05, 4.69) is 5.32 Å². The second kappa shape index (κ2) is 9.94. The van der Waals surface area contributed by atoms with Crippen LogP contribution in [0.3, 0.4) is 0 Å². The standard InChI is InChI=1S/C29H22N2O6/c1-36-22-8-2-5-18(15-22)16-30-25(32)17-37-29(35)20-11-13-21(14-12-20)31-27(33)23-9-3-6-19-7-4-10-24(26(19)23)28(31)34/h2-15H,16-17H2,1H3,(H,30,32). The Morgan fingerprint density at radius 1 is 0.838 bits per heavy atom. The minimum atomic E-state index is -0.700. The number of nitrogens with zero attached hydrogens (tertiary/aromatic N) is 1. The number of benzene rings is 4. The van der Waals surface area contributed by atoms with Crippen LogP contribution in [0.1, 0.15) is 36.6 Å². The van der Waals surface area contributed by atoms with Crippen LogP contribution in [0, 0.1) is 0 Å². The van der Waals surface area contributed by atoms with Crippen LogP contribution in [-0.2, 0) is 16.1 Å². The van der Waals surface area contributed by atoms with Crippen molar-refractivity contribution < 1.29 is 28.7 Å². The van der Waals surface area contributed by atoms with Gasteiger partial charge in [-0.05, 0) is 59.5 Å². The number of carbonyl (C=O) groups excluding carboxylic acids is 4. The van der Waals surface area contributed by atoms with Crippen LogP contribution in [0.5, 0.6) is 5.75 Å². The lowest BCUT2D eigenvalue weighted by Gasteiger charge is -2.27. The quantitative estimate of drug-likeness (QED) is 0.306. The molecule has 0 atom stereocenters. The van der Waals surface area contributed by atoms with E-state index < -0.39 is 30.3 Å². The SMILES string of the molecule is COc1cccc(CNC(=O)COC(=O)c2ccc(N3C(=O)c4cccc5cccc(c45)C3=O)cc2)c1. The molecular formula is C29H22N2O6. The highest BCUT2D eigenvalue weighted by Crippen LogP contribution is 2.32. The summed E-state index contributed by atoms with van der Waals surface area (Å²) in [6.45, 7) is -0.189. The highest BCUT2D eigenvalue weighted by atomic mass is 16.5. The van der Waals surface area contributed by atoms with Gasteiger partial charge in [-0.25, -0.2) is 9.69 Å². The molecule has 184 valence electrons. The van der Waals surface area contributed by atoms with Crippen LogP contribution >= 0.6 is 0 Å². The van der Waals surface area contributed by atoms with E-state index in [0.717, 1.165) is 15.8 Å². The normalized spacial score (nSPS) is 12.4. The maximum absolute atomic E-state index is 13.2. The van der Waals surface area contributed by atoms with E-state index in [0.29, 0.717) is 28.0 Å². The maximum Gasteiger partial charge on any atom is 0.338 e. The Morgan fingerprint density at radius 3 is 2.14 bits per heavy atom. The number of hydrogen-bond acceptors (Lipinski definition) is 6. The highest BCUT2D eigenvalue weighted by molar-refractivity contribution is 6.35. The Balaban J connectivity index is 1.23. The molecule has 8 heteroatoms. The van der Waals surface area contributed by atoms with Gasteiger partial charge in [0.05, 0.1) is 18.4 Å². The van der Waals surface area contributed by atoms with Gasteiger partial charge in [-0.1, -0.05) is 36.4 Å². The molecule has 1 heterocycles. The third kappa shape index (κ3) is 4.64. The fourth-order valence-corrected chi connectivity index (χ4v) is 4.26. The van der Waals surface area contributed by atoms with Gasteiger partial charge in [-0.15, -0.1) is 0 Å². The molecule has 0 saturated carbocycles. The van der Waals surface area contributed by atoms with Crippen molar-refractivity contribution in [3.05, 3.63) is 107 Å². The maximum atomic E-state index is 13.2. The predicted octanol–water partition coefficient (Wildman–Crippen LogP) is 4.12. The van der Waals surface area contributed by atoms with Gasteiger partial charge in [0.25, 0.3) is 17.7 Å². The Bertz CT molecular complexity index is 1490. The van der Waals surface area contributed by atoms with Gasteiger partial charge >= 0.3 is 5.97 Å². The largest absolute Gasteiger partial charge is 0.497 e. The molecule has 0 aromatic heterocycles. The van der Waals surface area contributed by atoms with Gasteiger partial charge in [-0.2, -0.15) is 0 Å². The molecule has 8 nitrogen and oxygen atoms in total. The average Bonchev–Trinajstić information content (AvgIpc) is 2.94. The molecule has 1 aliphatic heterocycles. The van der Waals surface area contributed by atoms with E-state index in [1.165, 1.54) is 24.3 Å². The summed E-state index contributed by atoms with van der Waals surface area (Å²) in [7, 11) is 1.56. The van der Waals surface area contributed by atoms with Crippen LogP contribution in [0.15, 0.2) is 84.9 Å². The highest BCUT2D eigenvalue weighted by Gasteiger charge is 2.33. The monoisotopic (exact) mass is 494 g/mol. The zero-order valence-electron chi connectivity index (χ0n) is 19.9. The number of carbonyl (C=O) groups is 4. The summed E-state index contributed by atoms with van der Waals surface area (Å²) in [6, 6.07) is 23.8. The number of imide groups is 1. The molecule has 0 spiro atoms. The molecule has 0 bridgehead atoms. The first-order valence-corrected chi connectivity index (χ1v) is 11.5. The number of rotatable bonds is 7. The van der Waals surface area contributed by atoms with Crippen molar-refractivity contribution in [2.75, 3.05) is 18.6 Å². The van der Waals surface area contributed by atoms with Gasteiger partial charge < -0.3 is 14.8 Å². The number of esters is 1. The zero-order valence-corrected chi connectivity index (χ0v) is 19.9. The number of methoxy groups -OCH3 is 1. The smallest absolute Gasteiger partial charge is 0.338 e. The predicted molar refractivity (Wildman–Crippen MR) is 137 cm³/mol. The lowest BCUT2D eigenvalue weighted by atomic mass is 9.94. The van der Waals surface area contributed by atoms with Crippen molar-refractivity contribution in [3.8, 4) is 5.75 Å². The first-order valence-electron chi connectivity index (χ1n) is 11.5. The van der Waals surface area contributed by atoms with Crippen molar-refractivity contribution in [2.45, 2.75) is 6.54 Å². The van der Waals surface area contributed by atoms with E-state index in [-0.39, 0.29) is 12.1 Å². The van der Waals surface area contributed by atoms with Gasteiger partial charge in [0.2, 0.25) is 0 Å². The Labute approximate surface area is 212 Å². The van der Waals surface area contributed by atoms with E-state index in [4.69, 9.17) is 9.47 Å². The first-order chi connectivity index (χ1) is 18.0. The average molecular weight is 495 g/mol. The summed E-state index contributed by atoms with van der Waals surface area (Å²) >= 11 is 0. The summed E-state index contributed by atoms with van der Waals surface area (Å²) in [5.74, 6) is -1.34. The van der Waals surface area contributed by atoms with Crippen molar-refractivity contribution >= 4 is 40.2 Å². The molecule has 0 unspecified atom stereocenters. The number of nitrogens with one attached hydrogen (secondary N) is 1. The summed E-state index contributed by atoms with van der Waals surface area (Å²) in [5.41, 5.74) is 2.24. The Hall–Kier alpha value is -4.98. The van der Waals surface area contributed by atoms with Crippen LogP contribution in [0.25, 0.3) is 10.8 Å². The summed E-state index contributed by atoms with van der Waals surface area (Å²) in [6.07, 6.45) is 0. The molecule has 0 fully saturated rings. The minimum absolute atomic E-state index is 0.184. The number of ether oxygens (including phenoxy) is 2. The molecule has 4 aromatic rings. The molecular weight excluding hydrogens is 472 g/mol. The summed E-state index contributed by atoms with van der Waals surface area (Å²) < 4.78 is 10.3. The molecule has 1 N–H and O–H groups in total. The summed E-state index contributed by atoms with van der Waals surface area (Å²) in [4.78, 5) is 52.0. The fourth-order valence-electron chi connectivity index (χ4n) is 4.26. The van der Waals surface area contributed by atoms with E-state index >= 15 is 0 Å². The lowest BCUT2D eigenvalue weighted by molar-refractivity contribution is -0.124. The fraction of sp³-hybridized carbons (Fsp3) is 0.103. The van der Waals surface area contributed by atoms with Crippen LogP contribution in [0.2, 0.25) is 0 Å². The van der Waals surface area contributed by atoms with Crippen LogP contribution < -0.4 is 15.0 Å². The molecule has 0 saturated heterocycles. The molecule has 0 aliphatic carbocycles. The second-order valence-electron chi connectivity index (χ2n) is 8.41. The number of hydrogen-bond donors (Lipinski definition) is 1. The van der Waals surface area contributed by atoms with Gasteiger partial charge in [0.15, 0.2) is 6.61 Å². The number of amides is 3. The molecule has 37 heavy (non-hydrogen) atoms. The topological polar surface area (TPSA) is 102 Å². The van der Waals surface area contributed by atoms with Gasteiger partial charge in [0.1, 0.15) is 5.75 Å². The minimum Gasteiger partial charge on any atom is -0.497 e. The second-order valence-corrected chi connectivity index (χ2v) is 8.41. The Kier molecular flexibility index (Phi) is 6.38. The van der Waals surface area contributed by atoms with E-state index in [9.17, 15) is 19.2 Å². The molecule has 4 aromatic carbocycles. The van der Waals surface area contributed by atoms with Crippen LogP contribution in [0.4, 0.5) is 5.69 Å². The number of anilines is 1. The van der Waals surface area contributed by atoms with Gasteiger partial charge in [-0.3, -0.25) is 14.4 Å². The molecule has 5 rings (SSSR count). The lowest BCUT2D eigenvalue weighted by Crippen LogP contribution is -2.40. The van der Waals surface area contributed by atoms with Crippen LogP contribution in [-0.4, -0.2) is 37.4 Å². The third-order valence-corrected chi connectivity index (χ3v) is 6.09. The summed E-state index contributed by atoms with van der Waals surface area (Å²) in [5, 5.41) is 4.14. The first kappa shape index (κ1) is 23.7. The molecule has 0 radical (unpaired) electrons. The Morgan fingerprint density at radius 2 is 1.49 bits per heavy atom. The third-order valence-electron chi connectivity index (χ3n) is 6.09. The van der Waals surface area contributed by atoms with Crippen molar-refractivity contribution in [1.29, 1.82) is 0 Å². The van der Waals surface area contributed by atoms with E-state index in [1.54, 1.807) is 43.5 Å². The van der Waals surface area contributed by atoms with Crippen molar-refractivity contribution in [1.82, 2.24) is 5.32 Å². The van der Waals surface area contributed by atoms with Gasteiger partial charge in [0, 0.05) is 23.1 Å². The van der Waals surface area contributed by atoms with Crippen molar-refractivity contribution in [2.24, 2.45) is 0 Å².